The molecule has 3 atom stereocenters. The summed E-state index contributed by atoms with van der Waals surface area (Å²) < 4.78 is 28.4. The number of allylic oxidation sites excluding steroid dienone is 2. The van der Waals surface area contributed by atoms with Crippen molar-refractivity contribution in [2.75, 3.05) is 26.9 Å². The van der Waals surface area contributed by atoms with Crippen molar-refractivity contribution in [2.45, 2.75) is 110 Å². The second-order valence-corrected chi connectivity index (χ2v) is 12.0. The van der Waals surface area contributed by atoms with Gasteiger partial charge in [0.15, 0.2) is 6.29 Å². The molecule has 38 heavy (non-hydrogen) atoms. The van der Waals surface area contributed by atoms with Gasteiger partial charge in [0.25, 0.3) is 0 Å². The molecule has 0 radical (unpaired) electrons. The molecule has 216 valence electrons. The van der Waals surface area contributed by atoms with Crippen molar-refractivity contribution in [3.63, 3.8) is 0 Å². The minimum Gasteiger partial charge on any atom is -0.442 e. The second kappa shape index (κ2) is 14.3. The first-order chi connectivity index (χ1) is 17.6. The zero-order chi connectivity index (χ0) is 28.5. The van der Waals surface area contributed by atoms with Crippen LogP contribution in [0.5, 0.6) is 0 Å². The molecule has 1 N–H and O–H groups in total. The Labute approximate surface area is 228 Å². The molecule has 0 spiro atoms. The van der Waals surface area contributed by atoms with Crippen LogP contribution in [0.15, 0.2) is 36.0 Å². The van der Waals surface area contributed by atoms with Gasteiger partial charge < -0.3 is 33.9 Å². The maximum Gasteiger partial charge on any atom is 0.410 e. The van der Waals surface area contributed by atoms with Crippen molar-refractivity contribution in [3.8, 4) is 0 Å². The van der Waals surface area contributed by atoms with Gasteiger partial charge in [-0.05, 0) is 61.5 Å². The van der Waals surface area contributed by atoms with E-state index in [1.807, 2.05) is 27.7 Å². The number of amides is 2. The summed E-state index contributed by atoms with van der Waals surface area (Å²) in [5.41, 5.74) is 0.527. The van der Waals surface area contributed by atoms with Crippen LogP contribution in [0, 0.1) is 0 Å². The Morgan fingerprint density at radius 2 is 1.66 bits per heavy atom. The second-order valence-electron chi connectivity index (χ2n) is 12.0. The quantitative estimate of drug-likeness (QED) is 0.235. The van der Waals surface area contributed by atoms with E-state index >= 15 is 0 Å². The molecule has 0 bridgehead atoms. The van der Waals surface area contributed by atoms with Gasteiger partial charge in [0.1, 0.15) is 6.10 Å². The Kier molecular flexibility index (Phi) is 12.0. The monoisotopic (exact) mass is 536 g/mol. The molecule has 0 aromatic carbocycles. The highest BCUT2D eigenvalue weighted by Gasteiger charge is 2.28. The van der Waals surface area contributed by atoms with Crippen molar-refractivity contribution in [3.05, 3.63) is 36.0 Å². The van der Waals surface area contributed by atoms with E-state index in [1.165, 1.54) is 11.0 Å². The van der Waals surface area contributed by atoms with Crippen molar-refractivity contribution in [1.82, 2.24) is 10.2 Å². The van der Waals surface area contributed by atoms with E-state index in [0.717, 1.165) is 18.6 Å². The van der Waals surface area contributed by atoms with Crippen LogP contribution in [-0.4, -0.2) is 85.6 Å². The van der Waals surface area contributed by atoms with Gasteiger partial charge in [-0.25, -0.2) is 4.79 Å². The molecule has 0 saturated carbocycles. The molecule has 9 nitrogen and oxygen atoms in total. The SMILES string of the molecule is CC(C=CC(CC1CO1)OC(C)(C)C)=CCC1OCC(NC(=O)C=CC(C)OC(=O)N(C)C(C)(C)C)CO1. The van der Waals surface area contributed by atoms with E-state index in [2.05, 4.69) is 44.3 Å². The van der Waals surface area contributed by atoms with Crippen LogP contribution in [0.25, 0.3) is 0 Å². The van der Waals surface area contributed by atoms with Gasteiger partial charge in [-0.1, -0.05) is 23.8 Å². The van der Waals surface area contributed by atoms with Gasteiger partial charge in [0.05, 0.1) is 43.7 Å². The number of carbonyl (C=O) groups is 2. The number of nitrogens with zero attached hydrogens (tertiary/aromatic N) is 1. The summed E-state index contributed by atoms with van der Waals surface area (Å²) in [7, 11) is 1.68. The summed E-state index contributed by atoms with van der Waals surface area (Å²) in [6.07, 6.45) is 9.57. The Morgan fingerprint density at radius 1 is 1.03 bits per heavy atom. The van der Waals surface area contributed by atoms with Crippen LogP contribution in [0.4, 0.5) is 4.79 Å². The topological polar surface area (TPSA) is 98.9 Å². The Hall–Kier alpha value is -2.20. The van der Waals surface area contributed by atoms with Crippen LogP contribution >= 0.6 is 0 Å². The lowest BCUT2D eigenvalue weighted by atomic mass is 10.1. The smallest absolute Gasteiger partial charge is 0.410 e. The molecule has 2 saturated heterocycles. The molecule has 2 rings (SSSR count). The largest absolute Gasteiger partial charge is 0.442 e. The predicted molar refractivity (Wildman–Crippen MR) is 147 cm³/mol. The summed E-state index contributed by atoms with van der Waals surface area (Å²) in [5, 5.41) is 2.85. The Bertz CT molecular complexity index is 857. The fraction of sp³-hybridized carbons (Fsp3) is 0.724. The number of rotatable bonds is 11. The standard InChI is InChI=1S/C29H48N2O7/c1-20(10-13-23(16-24-19-34-24)38-29(6,7)8)11-15-26-35-17-22(18-36-26)30-25(32)14-12-21(2)37-27(33)31(9)28(3,4)5/h10-14,21-24,26H,15-19H2,1-9H3,(H,30,32). The van der Waals surface area contributed by atoms with Gasteiger partial charge in [-0.15, -0.1) is 0 Å². The van der Waals surface area contributed by atoms with E-state index < -0.39 is 12.2 Å². The molecule has 0 aliphatic carbocycles. The molecule has 2 aliphatic rings. The van der Waals surface area contributed by atoms with Crippen LogP contribution < -0.4 is 5.32 Å². The van der Waals surface area contributed by atoms with E-state index in [-0.39, 0.29) is 35.5 Å². The molecular weight excluding hydrogens is 488 g/mol. The predicted octanol–water partition coefficient (Wildman–Crippen LogP) is 4.52. The maximum absolute atomic E-state index is 12.3. The molecule has 3 unspecified atom stereocenters. The third-order valence-electron chi connectivity index (χ3n) is 6.01. The van der Waals surface area contributed by atoms with Crippen molar-refractivity contribution >= 4 is 12.0 Å². The zero-order valence-electron chi connectivity index (χ0n) is 24.6. The molecule has 0 aromatic heterocycles. The molecular formula is C29H48N2O7. The lowest BCUT2D eigenvalue weighted by Crippen LogP contribution is -2.46. The number of epoxide rings is 1. The highest BCUT2D eigenvalue weighted by Crippen LogP contribution is 2.23. The fourth-order valence-corrected chi connectivity index (χ4v) is 3.48. The van der Waals surface area contributed by atoms with E-state index in [9.17, 15) is 9.59 Å². The first-order valence-corrected chi connectivity index (χ1v) is 13.4. The van der Waals surface area contributed by atoms with Crippen LogP contribution in [-0.2, 0) is 28.5 Å². The molecule has 9 heteroatoms. The van der Waals surface area contributed by atoms with Crippen molar-refractivity contribution < 1.29 is 33.3 Å². The minimum absolute atomic E-state index is 0.00585. The summed E-state index contributed by atoms with van der Waals surface area (Å²) >= 11 is 0. The number of hydrogen-bond acceptors (Lipinski definition) is 7. The lowest BCUT2D eigenvalue weighted by molar-refractivity contribution is -0.187. The first-order valence-electron chi connectivity index (χ1n) is 13.4. The molecule has 2 heterocycles. The van der Waals surface area contributed by atoms with E-state index in [4.69, 9.17) is 23.7 Å². The van der Waals surface area contributed by atoms with Crippen molar-refractivity contribution in [2.24, 2.45) is 0 Å². The van der Waals surface area contributed by atoms with Crippen LogP contribution in [0.2, 0.25) is 0 Å². The molecule has 2 fully saturated rings. The van der Waals surface area contributed by atoms with Gasteiger partial charge in [0, 0.05) is 31.5 Å². The summed E-state index contributed by atoms with van der Waals surface area (Å²) in [5.74, 6) is -0.294. The van der Waals surface area contributed by atoms with Crippen LogP contribution in [0.1, 0.15) is 68.2 Å². The van der Waals surface area contributed by atoms with E-state index in [0.29, 0.717) is 25.7 Å². The third-order valence-corrected chi connectivity index (χ3v) is 6.01. The van der Waals surface area contributed by atoms with Gasteiger partial charge in [-0.2, -0.15) is 0 Å². The zero-order valence-corrected chi connectivity index (χ0v) is 24.6. The molecule has 0 aromatic rings. The Balaban J connectivity index is 1.71. The highest BCUT2D eigenvalue weighted by molar-refractivity contribution is 5.87. The normalized spacial score (nSPS) is 24.3. The number of nitrogens with one attached hydrogen (secondary N) is 1. The van der Waals surface area contributed by atoms with Gasteiger partial charge in [-0.3, -0.25) is 4.79 Å². The number of carbonyl (C=O) groups excluding carboxylic acids is 2. The average Bonchev–Trinajstić information content (AvgIpc) is 3.62. The first kappa shape index (κ1) is 32.0. The third kappa shape index (κ3) is 13.0. The lowest BCUT2D eigenvalue weighted by Gasteiger charge is -2.31. The van der Waals surface area contributed by atoms with Crippen LogP contribution in [0.3, 0.4) is 0 Å². The highest BCUT2D eigenvalue weighted by atomic mass is 16.7. The van der Waals surface area contributed by atoms with Gasteiger partial charge in [0.2, 0.25) is 5.91 Å². The fourth-order valence-electron chi connectivity index (χ4n) is 3.48. The molecule has 2 amide bonds. The Morgan fingerprint density at radius 3 is 2.21 bits per heavy atom. The number of hydrogen-bond donors (Lipinski definition) is 1. The average molecular weight is 537 g/mol. The summed E-state index contributed by atoms with van der Waals surface area (Å²) in [6.45, 7) is 17.2. The summed E-state index contributed by atoms with van der Waals surface area (Å²) in [4.78, 5) is 26.0. The van der Waals surface area contributed by atoms with Crippen molar-refractivity contribution in [1.29, 1.82) is 0 Å². The summed E-state index contributed by atoms with van der Waals surface area (Å²) in [6, 6.07) is -0.252. The minimum atomic E-state index is -0.539. The number of ether oxygens (including phenoxy) is 5. The van der Waals surface area contributed by atoms with Gasteiger partial charge >= 0.3 is 6.09 Å². The van der Waals surface area contributed by atoms with E-state index in [1.54, 1.807) is 20.0 Å². The molecule has 2 aliphatic heterocycles. The maximum atomic E-state index is 12.3.